The number of Topliss-reactive ketones (excluding diaryl/α,β-unsaturated/α-hetero) is 1. The highest BCUT2D eigenvalue weighted by Crippen LogP contribution is 2.03. The van der Waals surface area contributed by atoms with Crippen LogP contribution in [-0.2, 0) is 14.3 Å². The quantitative estimate of drug-likeness (QED) is 0.516. The van der Waals surface area contributed by atoms with Crippen LogP contribution in [0.3, 0.4) is 0 Å². The van der Waals surface area contributed by atoms with Crippen molar-refractivity contribution in [1.82, 2.24) is 0 Å². The maximum atomic E-state index is 10.7. The van der Waals surface area contributed by atoms with E-state index in [4.69, 9.17) is 0 Å². The fourth-order valence-corrected chi connectivity index (χ4v) is 0.692. The third-order valence-electron chi connectivity index (χ3n) is 1.13. The first kappa shape index (κ1) is 7.01. The molecule has 1 saturated heterocycles. The van der Waals surface area contributed by atoms with E-state index in [1.807, 2.05) is 0 Å². The number of carbonyl (C=O) groups excluding carboxylic acids is 2. The summed E-state index contributed by atoms with van der Waals surface area (Å²) in [5.41, 5.74) is 4.67. The van der Waals surface area contributed by atoms with Crippen LogP contribution >= 0.6 is 0 Å². The SMILES string of the molecule is NC(=O)OC1COCC1=O. The van der Waals surface area contributed by atoms with Crippen molar-refractivity contribution >= 4 is 11.9 Å². The maximum Gasteiger partial charge on any atom is 0.405 e. The van der Waals surface area contributed by atoms with Crippen LogP contribution in [0.15, 0.2) is 0 Å². The van der Waals surface area contributed by atoms with E-state index in [1.165, 1.54) is 0 Å². The number of rotatable bonds is 1. The molecule has 1 fully saturated rings. The van der Waals surface area contributed by atoms with Crippen LogP contribution < -0.4 is 5.73 Å². The third kappa shape index (κ3) is 1.44. The second-order valence-electron chi connectivity index (χ2n) is 1.91. The Hall–Kier alpha value is -1.10. The Morgan fingerprint density at radius 1 is 1.80 bits per heavy atom. The van der Waals surface area contributed by atoms with Crippen LogP contribution in [0.25, 0.3) is 0 Å². The molecule has 0 radical (unpaired) electrons. The van der Waals surface area contributed by atoms with Gasteiger partial charge in [0.1, 0.15) is 6.61 Å². The van der Waals surface area contributed by atoms with Gasteiger partial charge in [-0.15, -0.1) is 0 Å². The molecule has 1 heterocycles. The number of nitrogens with two attached hydrogens (primary N) is 1. The number of amides is 1. The van der Waals surface area contributed by atoms with Crippen molar-refractivity contribution in [1.29, 1.82) is 0 Å². The van der Waals surface area contributed by atoms with Gasteiger partial charge in [0.25, 0.3) is 0 Å². The van der Waals surface area contributed by atoms with Crippen molar-refractivity contribution in [3.63, 3.8) is 0 Å². The molecule has 5 heteroatoms. The van der Waals surface area contributed by atoms with Gasteiger partial charge in [-0.25, -0.2) is 4.79 Å². The molecule has 0 aromatic heterocycles. The van der Waals surface area contributed by atoms with Crippen LogP contribution in [0.1, 0.15) is 0 Å². The first-order chi connectivity index (χ1) is 4.70. The lowest BCUT2D eigenvalue weighted by Crippen LogP contribution is -2.28. The fourth-order valence-electron chi connectivity index (χ4n) is 0.692. The minimum atomic E-state index is -0.941. The summed E-state index contributed by atoms with van der Waals surface area (Å²) < 4.78 is 9.08. The molecule has 5 nitrogen and oxygen atoms in total. The first-order valence-electron chi connectivity index (χ1n) is 2.76. The van der Waals surface area contributed by atoms with Crippen molar-refractivity contribution < 1.29 is 19.1 Å². The van der Waals surface area contributed by atoms with Gasteiger partial charge in [-0.3, -0.25) is 4.79 Å². The molecule has 1 unspecified atom stereocenters. The van der Waals surface area contributed by atoms with E-state index >= 15 is 0 Å². The lowest BCUT2D eigenvalue weighted by Gasteiger charge is -2.03. The lowest BCUT2D eigenvalue weighted by atomic mass is 10.3. The zero-order chi connectivity index (χ0) is 7.56. The number of ether oxygens (including phenoxy) is 2. The van der Waals surface area contributed by atoms with E-state index in [-0.39, 0.29) is 19.0 Å². The summed E-state index contributed by atoms with van der Waals surface area (Å²) in [4.78, 5) is 20.7. The Bertz CT molecular complexity index is 167. The van der Waals surface area contributed by atoms with Crippen molar-refractivity contribution in [3.8, 4) is 0 Å². The highest BCUT2D eigenvalue weighted by Gasteiger charge is 2.27. The normalized spacial score (nSPS) is 24.8. The minimum Gasteiger partial charge on any atom is -0.436 e. The minimum absolute atomic E-state index is 0.0119. The van der Waals surface area contributed by atoms with Crippen molar-refractivity contribution in [2.45, 2.75) is 6.10 Å². The predicted molar refractivity (Wildman–Crippen MR) is 30.3 cm³/mol. The van der Waals surface area contributed by atoms with Gasteiger partial charge >= 0.3 is 6.09 Å². The molecule has 0 aliphatic carbocycles. The molecule has 1 atom stereocenters. The zero-order valence-electron chi connectivity index (χ0n) is 5.20. The summed E-state index contributed by atoms with van der Waals surface area (Å²) in [5, 5.41) is 0. The highest BCUT2D eigenvalue weighted by molar-refractivity contribution is 5.87. The predicted octanol–water partition coefficient (Wildman–Crippen LogP) is -0.950. The van der Waals surface area contributed by atoms with Gasteiger partial charge in [0.15, 0.2) is 6.10 Å². The monoisotopic (exact) mass is 145 g/mol. The van der Waals surface area contributed by atoms with Crippen LogP contribution in [0.4, 0.5) is 4.79 Å². The van der Waals surface area contributed by atoms with E-state index in [0.717, 1.165) is 0 Å². The van der Waals surface area contributed by atoms with E-state index in [9.17, 15) is 9.59 Å². The Balaban J connectivity index is 2.40. The van der Waals surface area contributed by atoms with Crippen molar-refractivity contribution in [2.75, 3.05) is 13.2 Å². The second kappa shape index (κ2) is 2.66. The van der Waals surface area contributed by atoms with Gasteiger partial charge in [-0.1, -0.05) is 0 Å². The molecular weight excluding hydrogens is 138 g/mol. The molecule has 0 bridgehead atoms. The van der Waals surface area contributed by atoms with E-state index in [0.29, 0.717) is 0 Å². The number of carbonyl (C=O) groups is 2. The Morgan fingerprint density at radius 3 is 2.90 bits per heavy atom. The average Bonchev–Trinajstić information content (AvgIpc) is 2.15. The van der Waals surface area contributed by atoms with E-state index < -0.39 is 12.2 Å². The van der Waals surface area contributed by atoms with Gasteiger partial charge in [-0.2, -0.15) is 0 Å². The largest absolute Gasteiger partial charge is 0.436 e. The topological polar surface area (TPSA) is 78.6 Å². The molecular formula is C5H7NO4. The number of hydrogen-bond acceptors (Lipinski definition) is 4. The molecule has 1 aliphatic heterocycles. The summed E-state index contributed by atoms with van der Waals surface area (Å²) in [6.45, 7) is 0.139. The van der Waals surface area contributed by atoms with Crippen molar-refractivity contribution in [2.24, 2.45) is 5.73 Å². The molecule has 1 amide bonds. The number of ketones is 1. The summed E-state index contributed by atoms with van der Waals surface area (Å²) in [5.74, 6) is -0.237. The van der Waals surface area contributed by atoms with Crippen molar-refractivity contribution in [3.05, 3.63) is 0 Å². The third-order valence-corrected chi connectivity index (χ3v) is 1.13. The summed E-state index contributed by atoms with van der Waals surface area (Å²) in [6.07, 6.45) is -1.72. The molecule has 56 valence electrons. The molecule has 10 heavy (non-hydrogen) atoms. The molecule has 0 saturated carbocycles. The zero-order valence-corrected chi connectivity index (χ0v) is 5.20. The Labute approximate surface area is 57.1 Å². The first-order valence-corrected chi connectivity index (χ1v) is 2.76. The Kier molecular flexibility index (Phi) is 1.86. The Morgan fingerprint density at radius 2 is 2.50 bits per heavy atom. The maximum absolute atomic E-state index is 10.7. The van der Waals surface area contributed by atoms with E-state index in [2.05, 4.69) is 15.2 Å². The molecule has 0 aromatic rings. The van der Waals surface area contributed by atoms with Gasteiger partial charge in [0.05, 0.1) is 6.61 Å². The second-order valence-corrected chi connectivity index (χ2v) is 1.91. The molecule has 1 rings (SSSR count). The standard InChI is InChI=1S/C5H7NO4/c6-5(8)10-4-2-9-1-3(4)7/h4H,1-2H2,(H2,6,8). The van der Waals surface area contributed by atoms with Crippen LogP contribution in [0.5, 0.6) is 0 Å². The van der Waals surface area contributed by atoms with Crippen LogP contribution in [0, 0.1) is 0 Å². The number of primary amides is 1. The number of hydrogen-bond donors (Lipinski definition) is 1. The van der Waals surface area contributed by atoms with Gasteiger partial charge < -0.3 is 15.2 Å². The van der Waals surface area contributed by atoms with Crippen LogP contribution in [0.2, 0.25) is 0 Å². The fraction of sp³-hybridized carbons (Fsp3) is 0.600. The lowest BCUT2D eigenvalue weighted by molar-refractivity contribution is -0.123. The highest BCUT2D eigenvalue weighted by atomic mass is 16.6. The molecule has 1 aliphatic rings. The summed E-state index contributed by atoms with van der Waals surface area (Å²) in [6, 6.07) is 0. The van der Waals surface area contributed by atoms with Gasteiger partial charge in [0.2, 0.25) is 5.78 Å². The summed E-state index contributed by atoms with van der Waals surface area (Å²) in [7, 11) is 0. The van der Waals surface area contributed by atoms with Crippen LogP contribution in [-0.4, -0.2) is 31.2 Å². The van der Waals surface area contributed by atoms with Gasteiger partial charge in [0, 0.05) is 0 Å². The molecule has 0 aromatic carbocycles. The van der Waals surface area contributed by atoms with E-state index in [1.54, 1.807) is 0 Å². The van der Waals surface area contributed by atoms with Gasteiger partial charge in [-0.05, 0) is 0 Å². The molecule has 0 spiro atoms. The smallest absolute Gasteiger partial charge is 0.405 e. The average molecular weight is 145 g/mol. The summed E-state index contributed by atoms with van der Waals surface area (Å²) >= 11 is 0. The molecule has 2 N–H and O–H groups in total.